The number of allylic oxidation sites excluding steroid dienone is 4. The Labute approximate surface area is 137 Å². The number of hydrogen-bond donors (Lipinski definition) is 0. The molecular formula is C19H35NS. The Morgan fingerprint density at radius 3 is 2.00 bits per heavy atom. The smallest absolute Gasteiger partial charge is 0.0716 e. The van der Waals surface area contributed by atoms with E-state index in [9.17, 15) is 0 Å². The predicted octanol–water partition coefficient (Wildman–Crippen LogP) is 7.11. The van der Waals surface area contributed by atoms with Crippen LogP contribution >= 0.6 is 11.8 Å². The molecule has 2 heteroatoms. The molecule has 0 fully saturated rings. The molecule has 0 radical (unpaired) electrons. The first-order chi connectivity index (χ1) is 9.81. The molecule has 0 amide bonds. The Hall–Kier alpha value is -0.890. The number of hydrogen-bond acceptors (Lipinski definition) is 2. The summed E-state index contributed by atoms with van der Waals surface area (Å²) >= 11 is 1.68. The molecule has 0 aliphatic carbocycles. The van der Waals surface area contributed by atoms with Gasteiger partial charge in [-0.1, -0.05) is 63.3 Å². The quantitative estimate of drug-likeness (QED) is 0.439. The molecular weight excluding hydrogens is 274 g/mol. The van der Waals surface area contributed by atoms with Gasteiger partial charge in [0.25, 0.3) is 0 Å². The summed E-state index contributed by atoms with van der Waals surface area (Å²) in [5.74, 6) is 0. The second-order valence-electron chi connectivity index (χ2n) is 5.21. The van der Waals surface area contributed by atoms with Crippen LogP contribution in [0.5, 0.6) is 0 Å². The van der Waals surface area contributed by atoms with Crippen molar-refractivity contribution in [3.63, 3.8) is 0 Å². The molecule has 0 aromatic rings. The highest BCUT2D eigenvalue weighted by molar-refractivity contribution is 8.05. The van der Waals surface area contributed by atoms with Crippen molar-refractivity contribution in [1.29, 1.82) is 0 Å². The highest BCUT2D eigenvalue weighted by atomic mass is 32.2. The molecule has 0 atom stereocenters. The largest absolute Gasteiger partial charge is 0.343 e. The minimum atomic E-state index is 1.05. The molecule has 0 aromatic heterocycles. The summed E-state index contributed by atoms with van der Waals surface area (Å²) in [6.07, 6.45) is 3.52. The first-order valence-corrected chi connectivity index (χ1v) is 8.77. The van der Waals surface area contributed by atoms with E-state index < -0.39 is 0 Å². The summed E-state index contributed by atoms with van der Waals surface area (Å²) in [5.41, 5.74) is 5.09. The van der Waals surface area contributed by atoms with Crippen molar-refractivity contribution < 1.29 is 0 Å². The van der Waals surface area contributed by atoms with Gasteiger partial charge in [0.15, 0.2) is 0 Å². The Balaban J connectivity index is 0. The predicted molar refractivity (Wildman–Crippen MR) is 102 cm³/mol. The van der Waals surface area contributed by atoms with Gasteiger partial charge in [-0.25, -0.2) is 0 Å². The molecule has 0 unspecified atom stereocenters. The van der Waals surface area contributed by atoms with E-state index in [4.69, 9.17) is 0 Å². The molecule has 21 heavy (non-hydrogen) atoms. The second-order valence-corrected chi connectivity index (χ2v) is 6.16. The van der Waals surface area contributed by atoms with Gasteiger partial charge in [0.05, 0.1) is 5.03 Å². The van der Waals surface area contributed by atoms with Crippen LogP contribution in [-0.4, -0.2) is 11.9 Å². The van der Waals surface area contributed by atoms with Crippen LogP contribution < -0.4 is 0 Å². The molecule has 1 nitrogen and oxygen atoms in total. The Morgan fingerprint density at radius 2 is 1.62 bits per heavy atom. The molecule has 0 aliphatic rings. The lowest BCUT2D eigenvalue weighted by Gasteiger charge is -2.25. The van der Waals surface area contributed by atoms with Crippen molar-refractivity contribution >= 4 is 11.8 Å². The average Bonchev–Trinajstić information content (AvgIpc) is 2.45. The Bertz CT molecular complexity index is 384. The summed E-state index contributed by atoms with van der Waals surface area (Å²) in [7, 11) is 2.08. The molecule has 0 heterocycles. The van der Waals surface area contributed by atoms with Crippen LogP contribution in [0.15, 0.2) is 46.0 Å². The molecule has 122 valence electrons. The van der Waals surface area contributed by atoms with E-state index in [1.54, 1.807) is 11.8 Å². The summed E-state index contributed by atoms with van der Waals surface area (Å²) in [6.45, 7) is 22.9. The van der Waals surface area contributed by atoms with E-state index in [0.29, 0.717) is 0 Å². The van der Waals surface area contributed by atoms with Crippen molar-refractivity contribution in [2.24, 2.45) is 0 Å². The van der Waals surface area contributed by atoms with Crippen molar-refractivity contribution in [3.8, 4) is 0 Å². The number of rotatable bonds is 8. The van der Waals surface area contributed by atoms with Crippen LogP contribution in [-0.2, 0) is 0 Å². The van der Waals surface area contributed by atoms with Crippen molar-refractivity contribution in [2.75, 3.05) is 7.05 Å². The zero-order valence-corrected chi connectivity index (χ0v) is 16.3. The molecule has 0 saturated carbocycles. The average molecular weight is 310 g/mol. The molecule has 0 rings (SSSR count). The summed E-state index contributed by atoms with van der Waals surface area (Å²) in [4.78, 5) is 2.17. The van der Waals surface area contributed by atoms with Gasteiger partial charge in [-0.05, 0) is 51.5 Å². The first kappa shape index (κ1) is 22.4. The van der Waals surface area contributed by atoms with E-state index in [0.717, 1.165) is 17.0 Å². The maximum absolute atomic E-state index is 4.15. The molecule has 0 spiro atoms. The normalized spacial score (nSPS) is 10.9. The highest BCUT2D eigenvalue weighted by Gasteiger charge is 2.10. The molecule has 0 bridgehead atoms. The molecule has 0 N–H and O–H groups in total. The highest BCUT2D eigenvalue weighted by Crippen LogP contribution is 2.28. The fraction of sp³-hybridized carbons (Fsp3) is 0.579. The van der Waals surface area contributed by atoms with Crippen LogP contribution in [0.25, 0.3) is 0 Å². The van der Waals surface area contributed by atoms with Gasteiger partial charge in [0, 0.05) is 12.7 Å². The number of thioether (sulfide) groups is 1. The minimum absolute atomic E-state index is 1.05. The van der Waals surface area contributed by atoms with Crippen molar-refractivity contribution in [3.05, 3.63) is 46.0 Å². The van der Waals surface area contributed by atoms with Gasteiger partial charge in [-0.3, -0.25) is 0 Å². The zero-order chi connectivity index (χ0) is 17.0. The van der Waals surface area contributed by atoms with Crippen LogP contribution in [0, 0.1) is 0 Å². The minimum Gasteiger partial charge on any atom is -0.343 e. The fourth-order valence-corrected chi connectivity index (χ4v) is 2.38. The van der Waals surface area contributed by atoms with Gasteiger partial charge >= 0.3 is 0 Å². The molecule has 0 saturated heterocycles. The molecule has 0 aromatic carbocycles. The van der Waals surface area contributed by atoms with E-state index in [1.165, 1.54) is 29.7 Å². The van der Waals surface area contributed by atoms with Crippen molar-refractivity contribution in [2.45, 2.75) is 67.7 Å². The SMILES string of the molecule is C=C(C)/C(CCCC)=C(/C)N(C)C(=C)SC=C(C)C.CC. The molecule has 0 aliphatic heterocycles. The fourth-order valence-electron chi connectivity index (χ4n) is 1.71. The topological polar surface area (TPSA) is 3.24 Å². The maximum Gasteiger partial charge on any atom is 0.0716 e. The van der Waals surface area contributed by atoms with Crippen LogP contribution in [0.4, 0.5) is 0 Å². The van der Waals surface area contributed by atoms with E-state index in [1.807, 2.05) is 13.8 Å². The monoisotopic (exact) mass is 309 g/mol. The third-order valence-corrected chi connectivity index (χ3v) is 4.18. The van der Waals surface area contributed by atoms with E-state index >= 15 is 0 Å². The van der Waals surface area contributed by atoms with Gasteiger partial charge in [-0.2, -0.15) is 0 Å². The lowest BCUT2D eigenvalue weighted by atomic mass is 10.0. The Kier molecular flexibility index (Phi) is 13.7. The summed E-state index contributed by atoms with van der Waals surface area (Å²) < 4.78 is 0. The third-order valence-electron chi connectivity index (χ3n) is 3.04. The lowest BCUT2D eigenvalue weighted by Crippen LogP contribution is -2.15. The number of nitrogens with zero attached hydrogens (tertiary/aromatic N) is 1. The summed E-state index contributed by atoms with van der Waals surface area (Å²) in [6, 6.07) is 0. The maximum atomic E-state index is 4.15. The summed E-state index contributed by atoms with van der Waals surface area (Å²) in [5, 5.41) is 3.19. The Morgan fingerprint density at radius 1 is 1.10 bits per heavy atom. The van der Waals surface area contributed by atoms with Crippen LogP contribution in [0.1, 0.15) is 67.7 Å². The van der Waals surface area contributed by atoms with E-state index in [2.05, 4.69) is 65.1 Å². The van der Waals surface area contributed by atoms with Gasteiger partial charge in [0.2, 0.25) is 0 Å². The van der Waals surface area contributed by atoms with Gasteiger partial charge in [-0.15, -0.1) is 0 Å². The van der Waals surface area contributed by atoms with Crippen LogP contribution in [0.2, 0.25) is 0 Å². The van der Waals surface area contributed by atoms with Gasteiger partial charge < -0.3 is 4.90 Å². The number of unbranched alkanes of at least 4 members (excludes halogenated alkanes) is 1. The first-order valence-electron chi connectivity index (χ1n) is 7.89. The second kappa shape index (κ2) is 12.8. The van der Waals surface area contributed by atoms with Gasteiger partial charge in [0.1, 0.15) is 0 Å². The van der Waals surface area contributed by atoms with Crippen molar-refractivity contribution in [1.82, 2.24) is 4.90 Å². The standard InChI is InChI=1S/C17H29NS.C2H6/c1-9-10-11-17(14(4)5)15(6)18(8)16(7)19-12-13(2)3;1-2/h12H,4,7,9-11H2,1-3,5-6,8H3;1-2H3/b17-15-;. The van der Waals surface area contributed by atoms with E-state index in [-0.39, 0.29) is 0 Å². The lowest BCUT2D eigenvalue weighted by molar-refractivity contribution is 0.546. The van der Waals surface area contributed by atoms with Crippen LogP contribution in [0.3, 0.4) is 0 Å². The zero-order valence-electron chi connectivity index (χ0n) is 15.5. The third kappa shape index (κ3) is 9.62.